The molecule has 0 spiro atoms. The average Bonchev–Trinajstić information content (AvgIpc) is 2.58. The van der Waals surface area contributed by atoms with E-state index in [0.29, 0.717) is 25.3 Å². The highest BCUT2D eigenvalue weighted by atomic mass is 16.2. The molecule has 1 saturated heterocycles. The van der Waals surface area contributed by atoms with Crippen LogP contribution in [-0.2, 0) is 16.0 Å². The molecule has 3 atom stereocenters. The lowest BCUT2D eigenvalue weighted by atomic mass is 9.80. The topological polar surface area (TPSA) is 58.2 Å². The van der Waals surface area contributed by atoms with Crippen molar-refractivity contribution in [1.29, 1.82) is 0 Å². The van der Waals surface area contributed by atoms with E-state index in [4.69, 9.17) is 0 Å². The molecule has 124 valence electrons. The van der Waals surface area contributed by atoms with Crippen LogP contribution in [0.1, 0.15) is 44.1 Å². The van der Waals surface area contributed by atoms with Crippen LogP contribution in [0.4, 0.5) is 0 Å². The highest BCUT2D eigenvalue weighted by molar-refractivity contribution is 5.83. The Kier molecular flexibility index (Phi) is 5.31. The maximum Gasteiger partial charge on any atom is 0.225 e. The first-order valence-corrected chi connectivity index (χ1v) is 8.83. The minimum Gasteiger partial charge on any atom is -0.355 e. The molecule has 3 rings (SSSR count). The first kappa shape index (κ1) is 16.0. The van der Waals surface area contributed by atoms with Gasteiger partial charge in [0.05, 0.1) is 5.92 Å². The maximum atomic E-state index is 12.5. The molecule has 2 fully saturated rings. The molecule has 1 aromatic carbocycles. The van der Waals surface area contributed by atoms with Crippen LogP contribution in [0, 0.1) is 11.8 Å². The van der Waals surface area contributed by atoms with Crippen LogP contribution in [0.2, 0.25) is 0 Å². The number of benzene rings is 1. The molecule has 1 aromatic rings. The molecular formula is C19H26N2O2. The van der Waals surface area contributed by atoms with Gasteiger partial charge in [-0.15, -0.1) is 0 Å². The van der Waals surface area contributed by atoms with Crippen LogP contribution in [0.5, 0.6) is 0 Å². The van der Waals surface area contributed by atoms with Crippen LogP contribution >= 0.6 is 0 Å². The van der Waals surface area contributed by atoms with Crippen molar-refractivity contribution in [1.82, 2.24) is 10.6 Å². The van der Waals surface area contributed by atoms with Gasteiger partial charge in [0.2, 0.25) is 11.8 Å². The van der Waals surface area contributed by atoms with Gasteiger partial charge in [0, 0.05) is 19.0 Å². The normalized spacial score (nSPS) is 28.0. The second-order valence-corrected chi connectivity index (χ2v) is 6.89. The lowest BCUT2D eigenvalue weighted by Gasteiger charge is -2.34. The van der Waals surface area contributed by atoms with Gasteiger partial charge in [-0.3, -0.25) is 9.59 Å². The lowest BCUT2D eigenvalue weighted by molar-refractivity contribution is -0.129. The van der Waals surface area contributed by atoms with Crippen molar-refractivity contribution in [2.24, 2.45) is 11.8 Å². The second-order valence-electron chi connectivity index (χ2n) is 6.89. The largest absolute Gasteiger partial charge is 0.355 e. The van der Waals surface area contributed by atoms with Crippen molar-refractivity contribution in [2.75, 3.05) is 6.54 Å². The Balaban J connectivity index is 1.58. The van der Waals surface area contributed by atoms with Crippen LogP contribution in [0.3, 0.4) is 0 Å². The Hall–Kier alpha value is -1.84. The molecule has 1 saturated carbocycles. The van der Waals surface area contributed by atoms with Crippen molar-refractivity contribution < 1.29 is 9.59 Å². The van der Waals surface area contributed by atoms with Gasteiger partial charge >= 0.3 is 0 Å². The van der Waals surface area contributed by atoms with Crippen LogP contribution in [0.15, 0.2) is 30.3 Å². The summed E-state index contributed by atoms with van der Waals surface area (Å²) in [5.41, 5.74) is 1.35. The minimum absolute atomic E-state index is 0.0630. The standard InChI is InChI=1S/C19H26N2O2/c22-18-11-10-16(13-20-18)19(23)21-17-9-5-4-8-15(17)12-14-6-2-1-3-7-14/h1-3,6-7,15-17H,4-5,8-13H2,(H,20,22)(H,21,23)/t15-,16-,17-/m0/s1. The average molecular weight is 314 g/mol. The summed E-state index contributed by atoms with van der Waals surface area (Å²) in [7, 11) is 0. The molecule has 2 aliphatic rings. The molecule has 1 aliphatic carbocycles. The van der Waals surface area contributed by atoms with E-state index >= 15 is 0 Å². The number of carbonyl (C=O) groups is 2. The van der Waals surface area contributed by atoms with Gasteiger partial charge in [-0.2, -0.15) is 0 Å². The number of nitrogens with one attached hydrogen (secondary N) is 2. The zero-order valence-corrected chi connectivity index (χ0v) is 13.6. The van der Waals surface area contributed by atoms with Crippen molar-refractivity contribution >= 4 is 11.8 Å². The zero-order chi connectivity index (χ0) is 16.1. The zero-order valence-electron chi connectivity index (χ0n) is 13.6. The summed E-state index contributed by atoms with van der Waals surface area (Å²) in [5.74, 6) is 0.643. The molecule has 4 heteroatoms. The van der Waals surface area contributed by atoms with E-state index < -0.39 is 0 Å². The third kappa shape index (κ3) is 4.34. The number of carbonyl (C=O) groups excluding carboxylic acids is 2. The fourth-order valence-corrected chi connectivity index (χ4v) is 3.82. The lowest BCUT2D eigenvalue weighted by Crippen LogP contribution is -2.49. The molecule has 2 N–H and O–H groups in total. The summed E-state index contributed by atoms with van der Waals surface area (Å²) in [5, 5.41) is 6.09. The van der Waals surface area contributed by atoms with E-state index in [1.807, 2.05) is 6.07 Å². The van der Waals surface area contributed by atoms with E-state index in [2.05, 4.69) is 34.9 Å². The van der Waals surface area contributed by atoms with Crippen molar-refractivity contribution in [2.45, 2.75) is 51.0 Å². The Morgan fingerprint density at radius 2 is 1.91 bits per heavy atom. The summed E-state index contributed by atoms with van der Waals surface area (Å²) in [6.45, 7) is 0.487. The molecule has 0 unspecified atom stereocenters. The van der Waals surface area contributed by atoms with Gasteiger partial charge in [-0.05, 0) is 37.2 Å². The van der Waals surface area contributed by atoms with Gasteiger partial charge in [-0.25, -0.2) is 0 Å². The van der Waals surface area contributed by atoms with Crippen LogP contribution < -0.4 is 10.6 Å². The molecular weight excluding hydrogens is 288 g/mol. The molecule has 1 heterocycles. The monoisotopic (exact) mass is 314 g/mol. The quantitative estimate of drug-likeness (QED) is 0.897. The SMILES string of the molecule is O=C1CC[C@H](C(=O)N[C@H]2CCCC[C@H]2Cc2ccccc2)CN1. The highest BCUT2D eigenvalue weighted by Crippen LogP contribution is 2.28. The second kappa shape index (κ2) is 7.62. The molecule has 4 nitrogen and oxygen atoms in total. The summed E-state index contributed by atoms with van der Waals surface area (Å²) < 4.78 is 0. The van der Waals surface area contributed by atoms with Crippen LogP contribution in [-0.4, -0.2) is 24.4 Å². The summed E-state index contributed by atoms with van der Waals surface area (Å²) in [4.78, 5) is 23.7. The van der Waals surface area contributed by atoms with Crippen LogP contribution in [0.25, 0.3) is 0 Å². The predicted octanol–water partition coefficient (Wildman–Crippen LogP) is 2.43. The molecule has 1 aliphatic heterocycles. The minimum atomic E-state index is -0.0630. The number of hydrogen-bond donors (Lipinski definition) is 2. The highest BCUT2D eigenvalue weighted by Gasteiger charge is 2.30. The molecule has 0 radical (unpaired) electrons. The van der Waals surface area contributed by atoms with E-state index in [-0.39, 0.29) is 23.8 Å². The number of piperidine rings is 1. The Labute approximate surface area is 138 Å². The number of amides is 2. The van der Waals surface area contributed by atoms with Gasteiger partial charge in [0.15, 0.2) is 0 Å². The third-order valence-corrected chi connectivity index (χ3v) is 5.21. The first-order valence-electron chi connectivity index (χ1n) is 8.83. The third-order valence-electron chi connectivity index (χ3n) is 5.21. The fourth-order valence-electron chi connectivity index (χ4n) is 3.82. The molecule has 2 amide bonds. The van der Waals surface area contributed by atoms with Crippen molar-refractivity contribution in [3.05, 3.63) is 35.9 Å². The summed E-state index contributed by atoms with van der Waals surface area (Å²) >= 11 is 0. The van der Waals surface area contributed by atoms with Gasteiger partial charge in [0.1, 0.15) is 0 Å². The van der Waals surface area contributed by atoms with E-state index in [0.717, 1.165) is 12.8 Å². The van der Waals surface area contributed by atoms with Gasteiger partial charge in [-0.1, -0.05) is 43.2 Å². The first-order chi connectivity index (χ1) is 11.2. The Bertz CT molecular complexity index is 534. The van der Waals surface area contributed by atoms with E-state index in [1.165, 1.54) is 24.8 Å². The molecule has 23 heavy (non-hydrogen) atoms. The number of hydrogen-bond acceptors (Lipinski definition) is 2. The van der Waals surface area contributed by atoms with E-state index in [9.17, 15) is 9.59 Å². The van der Waals surface area contributed by atoms with Gasteiger partial charge < -0.3 is 10.6 Å². The van der Waals surface area contributed by atoms with Crippen molar-refractivity contribution in [3.63, 3.8) is 0 Å². The maximum absolute atomic E-state index is 12.5. The van der Waals surface area contributed by atoms with Crippen molar-refractivity contribution in [3.8, 4) is 0 Å². The fraction of sp³-hybridized carbons (Fsp3) is 0.579. The summed E-state index contributed by atoms with van der Waals surface area (Å²) in [6.07, 6.45) is 6.88. The Morgan fingerprint density at radius 1 is 1.13 bits per heavy atom. The molecule has 0 aromatic heterocycles. The predicted molar refractivity (Wildman–Crippen MR) is 89.8 cm³/mol. The van der Waals surface area contributed by atoms with Gasteiger partial charge in [0.25, 0.3) is 0 Å². The summed E-state index contributed by atoms with van der Waals surface area (Å²) in [6, 6.07) is 10.8. The smallest absolute Gasteiger partial charge is 0.225 e. The Morgan fingerprint density at radius 3 is 2.65 bits per heavy atom. The number of rotatable bonds is 4. The van der Waals surface area contributed by atoms with E-state index in [1.54, 1.807) is 0 Å². The molecule has 0 bridgehead atoms.